The number of fused-ring (bicyclic) bond motifs is 4. The van der Waals surface area contributed by atoms with Gasteiger partial charge in [-0.3, -0.25) is 4.98 Å². The van der Waals surface area contributed by atoms with Crippen molar-refractivity contribution in [1.82, 2.24) is 20.1 Å². The second kappa shape index (κ2) is 6.94. The number of nitrogens with zero attached hydrogens (tertiary/aromatic N) is 3. The first-order valence-electron chi connectivity index (χ1n) is 10.0. The molecule has 1 amide bonds. The average Bonchev–Trinajstić information content (AvgIpc) is 3.29. The molecule has 2 aromatic heterocycles. The first kappa shape index (κ1) is 20.3. The summed E-state index contributed by atoms with van der Waals surface area (Å²) < 4.78 is 45.7. The van der Waals surface area contributed by atoms with E-state index in [1.807, 2.05) is 39.0 Å². The second-order valence-electron chi connectivity index (χ2n) is 7.95. The van der Waals surface area contributed by atoms with Crippen molar-refractivity contribution in [2.24, 2.45) is 0 Å². The topological polar surface area (TPSA) is 69.0 Å². The van der Waals surface area contributed by atoms with Crippen LogP contribution in [-0.4, -0.2) is 27.4 Å². The Morgan fingerprint density at radius 1 is 1.16 bits per heavy atom. The molecule has 4 aromatic rings. The largest absolute Gasteiger partial charge is 0.491 e. The Morgan fingerprint density at radius 2 is 1.94 bits per heavy atom. The number of benzene rings is 2. The van der Waals surface area contributed by atoms with Gasteiger partial charge in [0.25, 0.3) is 0 Å². The zero-order valence-corrected chi connectivity index (χ0v) is 17.5. The van der Waals surface area contributed by atoms with E-state index < -0.39 is 23.8 Å². The van der Waals surface area contributed by atoms with Crippen LogP contribution in [0.1, 0.15) is 34.1 Å². The number of aromatic nitrogens is 3. The van der Waals surface area contributed by atoms with E-state index in [0.717, 1.165) is 39.7 Å². The predicted molar refractivity (Wildman–Crippen MR) is 113 cm³/mol. The third-order valence-electron chi connectivity index (χ3n) is 5.81. The minimum atomic E-state index is -4.46. The molecular weight excluding hydrogens is 421 g/mol. The number of pyridine rings is 1. The number of hydrogen-bond acceptors (Lipinski definition) is 4. The van der Waals surface area contributed by atoms with Gasteiger partial charge in [-0.15, -0.1) is 0 Å². The molecule has 0 radical (unpaired) electrons. The fourth-order valence-electron chi connectivity index (χ4n) is 4.29. The van der Waals surface area contributed by atoms with Crippen LogP contribution in [0.3, 0.4) is 0 Å². The summed E-state index contributed by atoms with van der Waals surface area (Å²) in [6.07, 6.45) is -4.46. The molecule has 0 aliphatic carbocycles. The zero-order valence-electron chi connectivity index (χ0n) is 17.5. The smallest absolute Gasteiger partial charge is 0.416 e. The molecule has 0 saturated carbocycles. The van der Waals surface area contributed by atoms with Crippen molar-refractivity contribution in [1.29, 1.82) is 0 Å². The molecule has 6 nitrogen and oxygen atoms in total. The summed E-state index contributed by atoms with van der Waals surface area (Å²) in [6, 6.07) is 7.97. The third-order valence-corrected chi connectivity index (χ3v) is 5.81. The van der Waals surface area contributed by atoms with Gasteiger partial charge in [0.1, 0.15) is 12.4 Å². The van der Waals surface area contributed by atoms with Gasteiger partial charge in [0.2, 0.25) is 0 Å². The van der Waals surface area contributed by atoms with E-state index in [-0.39, 0.29) is 12.4 Å². The Hall–Kier alpha value is -3.62. The minimum Gasteiger partial charge on any atom is -0.491 e. The molecule has 0 fully saturated rings. The number of rotatable bonds is 1. The van der Waals surface area contributed by atoms with Crippen LogP contribution in [0.5, 0.6) is 5.75 Å². The lowest BCUT2D eigenvalue weighted by Crippen LogP contribution is -2.33. The number of carbonyl (C=O) groups excluding carboxylic acids is 1. The number of aryl methyl sites for hydroxylation is 3. The third kappa shape index (κ3) is 3.07. The van der Waals surface area contributed by atoms with E-state index in [9.17, 15) is 18.0 Å². The Labute approximate surface area is 181 Å². The number of ether oxygens (including phenoxy) is 1. The molecule has 1 atom stereocenters. The van der Waals surface area contributed by atoms with Crippen LogP contribution < -0.4 is 10.1 Å². The lowest BCUT2D eigenvalue weighted by atomic mass is 10.1. The van der Waals surface area contributed by atoms with Crippen molar-refractivity contribution in [2.45, 2.75) is 33.0 Å². The summed E-state index contributed by atoms with van der Waals surface area (Å²) in [4.78, 5) is 17.9. The van der Waals surface area contributed by atoms with Crippen LogP contribution in [0.15, 0.2) is 36.4 Å². The molecule has 9 heteroatoms. The van der Waals surface area contributed by atoms with Crippen LogP contribution in [0.4, 0.5) is 18.0 Å². The predicted octanol–water partition coefficient (Wildman–Crippen LogP) is 5.22. The quantitative estimate of drug-likeness (QED) is 0.441. The van der Waals surface area contributed by atoms with Crippen LogP contribution in [0.25, 0.3) is 21.8 Å². The summed E-state index contributed by atoms with van der Waals surface area (Å²) in [5.41, 5.74) is 3.57. The molecule has 0 spiro atoms. The van der Waals surface area contributed by atoms with E-state index in [1.54, 1.807) is 0 Å². The Morgan fingerprint density at radius 3 is 2.69 bits per heavy atom. The fraction of sp³-hybridized carbons (Fsp3) is 0.261. The summed E-state index contributed by atoms with van der Waals surface area (Å²) in [6.45, 7) is 5.69. The lowest BCUT2D eigenvalue weighted by molar-refractivity contribution is -0.137. The maximum Gasteiger partial charge on any atom is 0.416 e. The highest BCUT2D eigenvalue weighted by molar-refractivity contribution is 6.09. The first-order valence-corrected chi connectivity index (χ1v) is 10.0. The maximum absolute atomic E-state index is 13.2. The first-order chi connectivity index (χ1) is 15.1. The van der Waals surface area contributed by atoms with Gasteiger partial charge in [-0.05, 0) is 38.5 Å². The Balaban J connectivity index is 1.55. The molecule has 0 bridgehead atoms. The highest BCUT2D eigenvalue weighted by Crippen LogP contribution is 2.38. The van der Waals surface area contributed by atoms with Crippen molar-refractivity contribution < 1.29 is 22.7 Å². The number of nitrogens with one attached hydrogen (secondary N) is 1. The maximum atomic E-state index is 13.2. The molecule has 1 aliphatic rings. The van der Waals surface area contributed by atoms with Crippen molar-refractivity contribution in [3.8, 4) is 5.75 Å². The van der Waals surface area contributed by atoms with Gasteiger partial charge in [0.15, 0.2) is 0 Å². The van der Waals surface area contributed by atoms with E-state index in [1.165, 1.54) is 10.7 Å². The summed E-state index contributed by atoms with van der Waals surface area (Å²) in [7, 11) is 0. The number of alkyl halides is 3. The molecule has 1 aliphatic heterocycles. The number of para-hydroxylation sites is 1. The van der Waals surface area contributed by atoms with Gasteiger partial charge in [-0.25, -0.2) is 4.79 Å². The number of amides is 1. The Bertz CT molecular complexity index is 1410. The molecule has 0 saturated heterocycles. The molecule has 164 valence electrons. The number of hydrogen-bond donors (Lipinski definition) is 1. The molecule has 1 N–H and O–H groups in total. The van der Waals surface area contributed by atoms with Gasteiger partial charge >= 0.3 is 12.2 Å². The van der Waals surface area contributed by atoms with Crippen molar-refractivity contribution >= 4 is 27.8 Å². The van der Waals surface area contributed by atoms with Crippen LogP contribution in [0, 0.1) is 20.8 Å². The van der Waals surface area contributed by atoms with E-state index >= 15 is 0 Å². The van der Waals surface area contributed by atoms with Crippen LogP contribution in [0.2, 0.25) is 0 Å². The SMILES string of the molecule is Cc1cccc2c1nc(C)c1c(C)nn(C(=O)N[C@@H]3COc4cc(C(F)(F)F)ccc43)c12. The number of carbonyl (C=O) groups is 1. The molecule has 32 heavy (non-hydrogen) atoms. The molecule has 5 rings (SSSR count). The van der Waals surface area contributed by atoms with Gasteiger partial charge < -0.3 is 10.1 Å². The van der Waals surface area contributed by atoms with E-state index in [2.05, 4.69) is 10.4 Å². The average molecular weight is 440 g/mol. The van der Waals surface area contributed by atoms with E-state index in [4.69, 9.17) is 9.72 Å². The van der Waals surface area contributed by atoms with Gasteiger partial charge in [0.05, 0.1) is 28.3 Å². The summed E-state index contributed by atoms with van der Waals surface area (Å²) in [5, 5.41) is 8.91. The lowest BCUT2D eigenvalue weighted by Gasteiger charge is -2.13. The standard InChI is InChI=1S/C23H19F3N4O2/c1-11-5-4-6-16-20(11)27-12(2)19-13(3)29-30(21(16)19)22(31)28-17-10-32-18-9-14(23(24,25)26)7-8-15(17)18/h4-9,17H,10H2,1-3H3,(H,28,31)/t17-/m1/s1. The minimum absolute atomic E-state index is 0.0427. The monoisotopic (exact) mass is 440 g/mol. The molecule has 2 aromatic carbocycles. The zero-order chi connectivity index (χ0) is 22.8. The van der Waals surface area contributed by atoms with Crippen molar-refractivity contribution in [3.63, 3.8) is 0 Å². The molecular formula is C23H19F3N4O2. The van der Waals surface area contributed by atoms with Crippen molar-refractivity contribution in [2.75, 3.05) is 6.61 Å². The van der Waals surface area contributed by atoms with Gasteiger partial charge in [-0.2, -0.15) is 23.0 Å². The fourth-order valence-corrected chi connectivity index (χ4v) is 4.29. The van der Waals surface area contributed by atoms with Crippen LogP contribution in [-0.2, 0) is 6.18 Å². The highest BCUT2D eigenvalue weighted by Gasteiger charge is 2.34. The number of halogens is 3. The molecule has 0 unspecified atom stereocenters. The summed E-state index contributed by atoms with van der Waals surface area (Å²) in [5.74, 6) is 0.118. The van der Waals surface area contributed by atoms with Gasteiger partial charge in [-0.1, -0.05) is 24.3 Å². The summed E-state index contributed by atoms with van der Waals surface area (Å²) >= 11 is 0. The molecule has 3 heterocycles. The van der Waals surface area contributed by atoms with Gasteiger partial charge in [0, 0.05) is 22.0 Å². The van der Waals surface area contributed by atoms with Crippen molar-refractivity contribution in [3.05, 3.63) is 64.5 Å². The normalized spacial score (nSPS) is 15.8. The second-order valence-corrected chi connectivity index (χ2v) is 7.95. The van der Waals surface area contributed by atoms with Crippen LogP contribution >= 0.6 is 0 Å². The highest BCUT2D eigenvalue weighted by atomic mass is 19.4. The Kier molecular flexibility index (Phi) is 4.40. The van der Waals surface area contributed by atoms with E-state index in [0.29, 0.717) is 16.8 Å².